The van der Waals surface area contributed by atoms with Gasteiger partial charge in [-0.2, -0.15) is 0 Å². The number of nitro benzene ring substituents is 1. The van der Waals surface area contributed by atoms with Gasteiger partial charge in [0.15, 0.2) is 5.75 Å². The van der Waals surface area contributed by atoms with Crippen LogP contribution in [-0.4, -0.2) is 27.1 Å². The molecule has 0 radical (unpaired) electrons. The van der Waals surface area contributed by atoms with Crippen LogP contribution in [0.2, 0.25) is 0 Å². The van der Waals surface area contributed by atoms with Gasteiger partial charge in [-0.1, -0.05) is 6.07 Å². The number of phenols is 1. The Balaban J connectivity index is 2.89. The fourth-order valence-corrected chi connectivity index (χ4v) is 1.19. The molecule has 1 atom stereocenters. The Kier molecular flexibility index (Phi) is 3.41. The van der Waals surface area contributed by atoms with E-state index in [2.05, 4.69) is 0 Å². The Morgan fingerprint density at radius 1 is 1.56 bits per heavy atom. The second-order valence-electron chi connectivity index (χ2n) is 3.23. The lowest BCUT2D eigenvalue weighted by molar-refractivity contribution is -0.385. The standard InChI is InChI=1S/C9H10N2O5/c10-6(9(13)14)3-5-1-2-7(11(15)16)8(12)4-5/h1-2,4,6,12H,3,10H2,(H,13,14)/t6-/m0/s1. The summed E-state index contributed by atoms with van der Waals surface area (Å²) in [5.74, 6) is -1.67. The molecule has 7 heteroatoms. The van der Waals surface area contributed by atoms with Gasteiger partial charge in [0.25, 0.3) is 0 Å². The van der Waals surface area contributed by atoms with Crippen LogP contribution in [0.15, 0.2) is 18.2 Å². The van der Waals surface area contributed by atoms with Crippen molar-refractivity contribution in [3.63, 3.8) is 0 Å². The summed E-state index contributed by atoms with van der Waals surface area (Å²) in [4.78, 5) is 20.1. The number of phenolic OH excluding ortho intramolecular Hbond substituents is 1. The first-order valence-electron chi connectivity index (χ1n) is 4.36. The first kappa shape index (κ1) is 11.9. The van der Waals surface area contributed by atoms with Gasteiger partial charge in [0.05, 0.1) is 4.92 Å². The molecule has 0 aromatic heterocycles. The van der Waals surface area contributed by atoms with E-state index in [1.165, 1.54) is 6.07 Å². The first-order chi connectivity index (χ1) is 7.41. The lowest BCUT2D eigenvalue weighted by Crippen LogP contribution is -2.32. The van der Waals surface area contributed by atoms with Crippen molar-refractivity contribution in [1.29, 1.82) is 0 Å². The number of aromatic hydroxyl groups is 1. The number of nitro groups is 1. The number of nitrogens with two attached hydrogens (primary N) is 1. The minimum absolute atomic E-state index is 0.000881. The summed E-state index contributed by atoms with van der Waals surface area (Å²) in [6.45, 7) is 0. The van der Waals surface area contributed by atoms with Gasteiger partial charge in [-0.25, -0.2) is 0 Å². The minimum Gasteiger partial charge on any atom is -0.502 e. The third-order valence-electron chi connectivity index (χ3n) is 2.01. The summed E-state index contributed by atoms with van der Waals surface area (Å²) in [5, 5.41) is 28.2. The van der Waals surface area contributed by atoms with Crippen molar-refractivity contribution in [3.05, 3.63) is 33.9 Å². The van der Waals surface area contributed by atoms with Crippen molar-refractivity contribution in [2.24, 2.45) is 5.73 Å². The zero-order valence-electron chi connectivity index (χ0n) is 8.16. The van der Waals surface area contributed by atoms with Gasteiger partial charge >= 0.3 is 11.7 Å². The predicted molar refractivity (Wildman–Crippen MR) is 54.1 cm³/mol. The number of benzene rings is 1. The molecule has 4 N–H and O–H groups in total. The van der Waals surface area contributed by atoms with Crippen LogP contribution < -0.4 is 5.73 Å². The smallest absolute Gasteiger partial charge is 0.320 e. The van der Waals surface area contributed by atoms with Crippen LogP contribution in [0.25, 0.3) is 0 Å². The van der Waals surface area contributed by atoms with Gasteiger partial charge in [0.1, 0.15) is 6.04 Å². The Labute approximate surface area is 90.3 Å². The van der Waals surface area contributed by atoms with E-state index in [1.807, 2.05) is 0 Å². The summed E-state index contributed by atoms with van der Waals surface area (Å²) in [6.07, 6.45) is 0.000881. The highest BCUT2D eigenvalue weighted by Gasteiger charge is 2.16. The SMILES string of the molecule is N[C@@H](Cc1ccc([N+](=O)[O-])c(O)c1)C(=O)O. The number of rotatable bonds is 4. The van der Waals surface area contributed by atoms with E-state index in [0.717, 1.165) is 12.1 Å². The van der Waals surface area contributed by atoms with Crippen molar-refractivity contribution < 1.29 is 19.9 Å². The number of nitrogens with zero attached hydrogens (tertiary/aromatic N) is 1. The summed E-state index contributed by atoms with van der Waals surface area (Å²) in [5.41, 5.74) is 5.29. The molecule has 16 heavy (non-hydrogen) atoms. The molecule has 0 aliphatic rings. The Hall–Kier alpha value is -2.15. The Morgan fingerprint density at radius 2 is 2.19 bits per heavy atom. The van der Waals surface area contributed by atoms with Crippen molar-refractivity contribution in [1.82, 2.24) is 0 Å². The van der Waals surface area contributed by atoms with Crippen LogP contribution in [0.5, 0.6) is 5.75 Å². The zero-order chi connectivity index (χ0) is 12.3. The van der Waals surface area contributed by atoms with Crippen molar-refractivity contribution in [2.75, 3.05) is 0 Å². The largest absolute Gasteiger partial charge is 0.502 e. The molecule has 86 valence electrons. The van der Waals surface area contributed by atoms with Crippen LogP contribution in [-0.2, 0) is 11.2 Å². The maximum atomic E-state index is 10.5. The lowest BCUT2D eigenvalue weighted by atomic mass is 10.1. The monoisotopic (exact) mass is 226 g/mol. The van der Waals surface area contributed by atoms with E-state index in [1.54, 1.807) is 0 Å². The summed E-state index contributed by atoms with van der Waals surface area (Å²) < 4.78 is 0. The van der Waals surface area contributed by atoms with Crippen molar-refractivity contribution >= 4 is 11.7 Å². The van der Waals surface area contributed by atoms with E-state index < -0.39 is 28.4 Å². The second-order valence-corrected chi connectivity index (χ2v) is 3.23. The van der Waals surface area contributed by atoms with Gasteiger partial charge in [-0.05, 0) is 18.1 Å². The molecule has 0 unspecified atom stereocenters. The zero-order valence-corrected chi connectivity index (χ0v) is 8.16. The molecule has 0 aliphatic heterocycles. The van der Waals surface area contributed by atoms with Crippen LogP contribution in [0.4, 0.5) is 5.69 Å². The third-order valence-corrected chi connectivity index (χ3v) is 2.01. The fourth-order valence-electron chi connectivity index (χ4n) is 1.19. The topological polar surface area (TPSA) is 127 Å². The van der Waals surface area contributed by atoms with Crippen molar-refractivity contribution in [3.8, 4) is 5.75 Å². The number of hydrogen-bond donors (Lipinski definition) is 3. The molecule has 0 bridgehead atoms. The molecule has 0 saturated carbocycles. The fraction of sp³-hybridized carbons (Fsp3) is 0.222. The van der Waals surface area contributed by atoms with Crippen molar-refractivity contribution in [2.45, 2.75) is 12.5 Å². The summed E-state index contributed by atoms with van der Waals surface area (Å²) >= 11 is 0. The van der Waals surface area contributed by atoms with E-state index in [0.29, 0.717) is 5.56 Å². The molecule has 0 spiro atoms. The van der Waals surface area contributed by atoms with E-state index in [9.17, 15) is 20.0 Å². The number of aliphatic carboxylic acids is 1. The molecule has 1 rings (SSSR count). The number of carbonyl (C=O) groups is 1. The van der Waals surface area contributed by atoms with E-state index in [-0.39, 0.29) is 6.42 Å². The molecule has 0 aliphatic carbocycles. The first-order valence-corrected chi connectivity index (χ1v) is 4.36. The average molecular weight is 226 g/mol. The highest BCUT2D eigenvalue weighted by Crippen LogP contribution is 2.26. The van der Waals surface area contributed by atoms with Gasteiger partial charge in [0, 0.05) is 6.07 Å². The van der Waals surface area contributed by atoms with Crippen LogP contribution >= 0.6 is 0 Å². The summed E-state index contributed by atoms with van der Waals surface area (Å²) in [7, 11) is 0. The molecule has 0 amide bonds. The second kappa shape index (κ2) is 4.58. The Bertz CT molecular complexity index is 432. The molecule has 0 fully saturated rings. The average Bonchev–Trinajstić information content (AvgIpc) is 2.16. The number of hydrogen-bond acceptors (Lipinski definition) is 5. The molecule has 1 aromatic carbocycles. The molecule has 0 heterocycles. The number of carboxylic acid groups (broad SMARTS) is 1. The Morgan fingerprint density at radius 3 is 2.62 bits per heavy atom. The normalized spacial score (nSPS) is 12.1. The quantitative estimate of drug-likeness (QED) is 0.499. The summed E-state index contributed by atoms with van der Waals surface area (Å²) in [6, 6.07) is 2.52. The maximum Gasteiger partial charge on any atom is 0.320 e. The predicted octanol–water partition coefficient (Wildman–Crippen LogP) is 0.255. The highest BCUT2D eigenvalue weighted by atomic mass is 16.6. The number of carboxylic acids is 1. The van der Waals surface area contributed by atoms with Gasteiger partial charge < -0.3 is 15.9 Å². The highest BCUT2D eigenvalue weighted by molar-refractivity contribution is 5.73. The van der Waals surface area contributed by atoms with E-state index >= 15 is 0 Å². The maximum absolute atomic E-state index is 10.5. The lowest BCUT2D eigenvalue weighted by Gasteiger charge is -2.06. The van der Waals surface area contributed by atoms with Crippen LogP contribution in [0, 0.1) is 10.1 Å². The molecular weight excluding hydrogens is 216 g/mol. The molecule has 1 aromatic rings. The van der Waals surface area contributed by atoms with Gasteiger partial charge in [-0.3, -0.25) is 14.9 Å². The van der Waals surface area contributed by atoms with E-state index in [4.69, 9.17) is 10.8 Å². The molecule has 7 nitrogen and oxygen atoms in total. The molecular formula is C9H10N2O5. The molecule has 0 saturated heterocycles. The third kappa shape index (κ3) is 2.67. The minimum atomic E-state index is -1.17. The van der Waals surface area contributed by atoms with Crippen LogP contribution in [0.1, 0.15) is 5.56 Å². The van der Waals surface area contributed by atoms with Gasteiger partial charge in [-0.15, -0.1) is 0 Å². The van der Waals surface area contributed by atoms with Gasteiger partial charge in [0.2, 0.25) is 0 Å². The van der Waals surface area contributed by atoms with Crippen LogP contribution in [0.3, 0.4) is 0 Å².